The quantitative estimate of drug-likeness (QED) is 0.638. The van der Waals surface area contributed by atoms with Crippen molar-refractivity contribution in [2.45, 2.75) is 13.8 Å². The van der Waals surface area contributed by atoms with Crippen molar-refractivity contribution < 1.29 is 19.2 Å². The molecule has 0 aliphatic carbocycles. The molecule has 2 N–H and O–H groups in total. The Balaban J connectivity index is 1.43. The zero-order chi connectivity index (χ0) is 21.3. The molecule has 0 unspecified atom stereocenters. The lowest BCUT2D eigenvalue weighted by molar-refractivity contribution is -0.892. The highest BCUT2D eigenvalue weighted by Gasteiger charge is 2.25. The number of hydrogen-bond acceptors (Lipinski definition) is 3. The lowest BCUT2D eigenvalue weighted by Gasteiger charge is -2.33. The summed E-state index contributed by atoms with van der Waals surface area (Å²) < 4.78 is 15.6. The van der Waals surface area contributed by atoms with Crippen molar-refractivity contribution in [3.8, 4) is 11.4 Å². The third-order valence-corrected chi connectivity index (χ3v) is 5.89. The highest BCUT2D eigenvalue weighted by molar-refractivity contribution is 5.98. The van der Waals surface area contributed by atoms with Gasteiger partial charge < -0.3 is 19.5 Å². The molecule has 2 heterocycles. The topological polar surface area (TPSA) is 49.9 Å². The van der Waals surface area contributed by atoms with Gasteiger partial charge in [0, 0.05) is 28.3 Å². The molecule has 3 aromatic rings. The lowest BCUT2D eigenvalue weighted by atomic mass is 10.1. The maximum atomic E-state index is 13.7. The number of aromatic nitrogens is 1. The first-order chi connectivity index (χ1) is 14.4. The van der Waals surface area contributed by atoms with E-state index in [1.165, 1.54) is 17.0 Å². The first-order valence-electron chi connectivity index (χ1n) is 10.3. The predicted molar refractivity (Wildman–Crippen MR) is 115 cm³/mol. The number of nitrogens with zero attached hydrogens (tertiary/aromatic N) is 2. The second kappa shape index (κ2) is 8.32. The van der Waals surface area contributed by atoms with Gasteiger partial charge in [-0.3, -0.25) is 4.79 Å². The Bertz CT molecular complexity index is 1050. The summed E-state index contributed by atoms with van der Waals surface area (Å²) in [7, 11) is 0. The van der Waals surface area contributed by atoms with E-state index in [0.29, 0.717) is 12.1 Å². The van der Waals surface area contributed by atoms with Gasteiger partial charge in [0.25, 0.3) is 0 Å². The first-order valence-corrected chi connectivity index (χ1v) is 10.3. The molecular weight excluding hydrogens is 381 g/mol. The molecule has 0 amide bonds. The van der Waals surface area contributed by atoms with E-state index in [1.807, 2.05) is 42.7 Å². The molecule has 6 heteroatoms. The number of piperazine rings is 1. The molecule has 1 aromatic heterocycles. The number of phenolic OH excluding ortho intramolecular Hbond substituents is 1. The zero-order valence-corrected chi connectivity index (χ0v) is 17.4. The number of quaternary nitrogens is 1. The van der Waals surface area contributed by atoms with Crippen molar-refractivity contribution in [2.75, 3.05) is 37.6 Å². The maximum absolute atomic E-state index is 13.7. The normalized spacial score (nSPS) is 14.8. The van der Waals surface area contributed by atoms with E-state index in [-0.39, 0.29) is 17.3 Å². The minimum atomic E-state index is -0.288. The number of nitrogens with one attached hydrogen (secondary N) is 1. The van der Waals surface area contributed by atoms with Crippen molar-refractivity contribution in [1.29, 1.82) is 0 Å². The Morgan fingerprint density at radius 2 is 1.73 bits per heavy atom. The largest absolute Gasteiger partial charge is 0.508 e. The summed E-state index contributed by atoms with van der Waals surface area (Å²) in [5, 5.41) is 9.45. The van der Waals surface area contributed by atoms with Crippen LogP contribution in [0.4, 0.5) is 10.1 Å². The maximum Gasteiger partial charge on any atom is 0.218 e. The Labute approximate surface area is 176 Å². The van der Waals surface area contributed by atoms with E-state index in [2.05, 4.69) is 4.90 Å². The molecule has 2 aromatic carbocycles. The van der Waals surface area contributed by atoms with Crippen LogP contribution in [0.15, 0.2) is 54.6 Å². The highest BCUT2D eigenvalue weighted by atomic mass is 19.1. The van der Waals surface area contributed by atoms with Gasteiger partial charge >= 0.3 is 0 Å². The zero-order valence-electron chi connectivity index (χ0n) is 17.4. The standard InChI is InChI=1S/C24H26FN3O2/c1-17-14-23(18(2)28(17)21-5-3-4-19(25)15-21)24(30)16-26-10-12-27(13-11-26)20-6-8-22(29)9-7-20/h3-9,14-15,29H,10-13,16H2,1-2H3/p+1. The van der Waals surface area contributed by atoms with Crippen LogP contribution < -0.4 is 9.80 Å². The number of carbonyl (C=O) groups excluding carboxylic acids is 1. The molecule has 1 aliphatic rings. The molecule has 1 fully saturated rings. The summed E-state index contributed by atoms with van der Waals surface area (Å²) >= 11 is 0. The predicted octanol–water partition coefficient (Wildman–Crippen LogP) is 2.53. The number of benzene rings is 2. The molecule has 0 saturated carbocycles. The van der Waals surface area contributed by atoms with Crippen LogP contribution in [0.2, 0.25) is 0 Å². The van der Waals surface area contributed by atoms with Crippen molar-refractivity contribution in [1.82, 2.24) is 4.57 Å². The Kier molecular flexibility index (Phi) is 5.59. The SMILES string of the molecule is Cc1cc(C(=O)C[NH+]2CCN(c3ccc(O)cc3)CC2)c(C)n1-c1cccc(F)c1. The summed E-state index contributed by atoms with van der Waals surface area (Å²) in [5.41, 5.74) is 4.32. The number of anilines is 1. The van der Waals surface area contributed by atoms with E-state index in [4.69, 9.17) is 0 Å². The number of aromatic hydroxyl groups is 1. The molecule has 1 saturated heterocycles. The lowest BCUT2D eigenvalue weighted by Crippen LogP contribution is -3.15. The minimum absolute atomic E-state index is 0.124. The highest BCUT2D eigenvalue weighted by Crippen LogP contribution is 2.22. The fraction of sp³-hybridized carbons (Fsp3) is 0.292. The summed E-state index contributed by atoms with van der Waals surface area (Å²) in [4.78, 5) is 16.6. The van der Waals surface area contributed by atoms with Gasteiger partial charge in [-0.15, -0.1) is 0 Å². The number of Topliss-reactive ketones (excluding diaryl/α,β-unsaturated/α-hetero) is 1. The van der Waals surface area contributed by atoms with Gasteiger partial charge in [-0.05, 0) is 62.4 Å². The van der Waals surface area contributed by atoms with Crippen LogP contribution in [-0.4, -0.2) is 48.2 Å². The molecule has 0 radical (unpaired) electrons. The average Bonchev–Trinajstić information content (AvgIpc) is 3.03. The summed E-state index contributed by atoms with van der Waals surface area (Å²) in [6.07, 6.45) is 0. The second-order valence-corrected chi connectivity index (χ2v) is 7.95. The van der Waals surface area contributed by atoms with E-state index < -0.39 is 0 Å². The van der Waals surface area contributed by atoms with Crippen LogP contribution in [-0.2, 0) is 0 Å². The number of rotatable bonds is 5. The van der Waals surface area contributed by atoms with Crippen molar-refractivity contribution in [2.24, 2.45) is 0 Å². The van der Waals surface area contributed by atoms with Gasteiger partial charge in [0.2, 0.25) is 5.78 Å². The van der Waals surface area contributed by atoms with Crippen LogP contribution >= 0.6 is 0 Å². The molecule has 0 bridgehead atoms. The van der Waals surface area contributed by atoms with Crippen molar-refractivity contribution >= 4 is 11.5 Å². The number of hydrogen-bond donors (Lipinski definition) is 2. The number of halogens is 1. The molecule has 0 atom stereocenters. The minimum Gasteiger partial charge on any atom is -0.508 e. The molecule has 4 rings (SSSR count). The van der Waals surface area contributed by atoms with Gasteiger partial charge in [-0.1, -0.05) is 6.07 Å². The summed E-state index contributed by atoms with van der Waals surface area (Å²) in [5.74, 6) is 0.104. The number of aryl methyl sites for hydroxylation is 1. The summed E-state index contributed by atoms with van der Waals surface area (Å²) in [6.45, 7) is 7.83. The van der Waals surface area contributed by atoms with Crippen LogP contribution in [0.5, 0.6) is 5.75 Å². The van der Waals surface area contributed by atoms with Gasteiger partial charge in [0.1, 0.15) is 18.1 Å². The fourth-order valence-electron chi connectivity index (χ4n) is 4.30. The monoisotopic (exact) mass is 408 g/mol. The molecular formula is C24H27FN3O2+. The van der Waals surface area contributed by atoms with Crippen LogP contribution in [0.3, 0.4) is 0 Å². The Morgan fingerprint density at radius 3 is 2.40 bits per heavy atom. The van der Waals surface area contributed by atoms with E-state index in [1.54, 1.807) is 18.2 Å². The Morgan fingerprint density at radius 1 is 1.03 bits per heavy atom. The fourth-order valence-corrected chi connectivity index (χ4v) is 4.30. The van der Waals surface area contributed by atoms with Gasteiger partial charge in [-0.25, -0.2) is 4.39 Å². The molecule has 156 valence electrons. The van der Waals surface area contributed by atoms with Gasteiger partial charge in [-0.2, -0.15) is 0 Å². The first kappa shape index (κ1) is 20.2. The molecule has 0 spiro atoms. The van der Waals surface area contributed by atoms with Crippen LogP contribution in [0.25, 0.3) is 5.69 Å². The Hall–Kier alpha value is -3.12. The molecule has 5 nitrogen and oxygen atoms in total. The summed E-state index contributed by atoms with van der Waals surface area (Å²) in [6, 6.07) is 15.6. The van der Waals surface area contributed by atoms with E-state index in [9.17, 15) is 14.3 Å². The molecule has 30 heavy (non-hydrogen) atoms. The van der Waals surface area contributed by atoms with Crippen molar-refractivity contribution in [3.05, 3.63) is 77.4 Å². The van der Waals surface area contributed by atoms with E-state index >= 15 is 0 Å². The van der Waals surface area contributed by atoms with Gasteiger partial charge in [0.15, 0.2) is 0 Å². The average molecular weight is 408 g/mol. The number of phenols is 1. The van der Waals surface area contributed by atoms with Crippen molar-refractivity contribution in [3.63, 3.8) is 0 Å². The third-order valence-electron chi connectivity index (χ3n) is 5.89. The van der Waals surface area contributed by atoms with Crippen LogP contribution in [0.1, 0.15) is 21.7 Å². The van der Waals surface area contributed by atoms with E-state index in [0.717, 1.165) is 48.9 Å². The smallest absolute Gasteiger partial charge is 0.218 e. The molecule has 1 aliphatic heterocycles. The van der Waals surface area contributed by atoms with Crippen LogP contribution in [0, 0.1) is 19.7 Å². The number of ketones is 1. The van der Waals surface area contributed by atoms with Gasteiger partial charge in [0.05, 0.1) is 26.2 Å². The number of carbonyl (C=O) groups is 1. The second-order valence-electron chi connectivity index (χ2n) is 7.95. The third kappa shape index (κ3) is 4.09.